The molecule has 3 N–H and O–H groups in total. The predicted molar refractivity (Wildman–Crippen MR) is 72.7 cm³/mol. The van der Waals surface area contributed by atoms with Crippen molar-refractivity contribution in [2.75, 3.05) is 24.7 Å². The van der Waals surface area contributed by atoms with Gasteiger partial charge in [0.25, 0.3) is 0 Å². The molecule has 0 amide bonds. The molecule has 1 aromatic carbocycles. The van der Waals surface area contributed by atoms with Gasteiger partial charge in [-0.15, -0.1) is 0 Å². The van der Waals surface area contributed by atoms with Crippen molar-refractivity contribution in [2.45, 2.75) is 32.5 Å². The second-order valence-corrected chi connectivity index (χ2v) is 4.95. The summed E-state index contributed by atoms with van der Waals surface area (Å²) in [6, 6.07) is 6.68. The highest BCUT2D eigenvalue weighted by atomic mass is 16.5. The van der Waals surface area contributed by atoms with E-state index in [0.29, 0.717) is 19.2 Å². The van der Waals surface area contributed by atoms with Crippen LogP contribution in [-0.4, -0.2) is 37.0 Å². The summed E-state index contributed by atoms with van der Waals surface area (Å²) in [5.74, 6) is 0. The van der Waals surface area contributed by atoms with Gasteiger partial charge in [0, 0.05) is 24.8 Å². The van der Waals surface area contributed by atoms with Crippen molar-refractivity contribution < 1.29 is 9.84 Å². The van der Waals surface area contributed by atoms with E-state index in [9.17, 15) is 5.11 Å². The molecular formula is C14H22N2O2. The second kappa shape index (κ2) is 5.69. The summed E-state index contributed by atoms with van der Waals surface area (Å²) in [5.41, 5.74) is 9.26. The minimum absolute atomic E-state index is 0.0725. The van der Waals surface area contributed by atoms with E-state index in [-0.39, 0.29) is 12.7 Å². The van der Waals surface area contributed by atoms with Gasteiger partial charge < -0.3 is 20.5 Å². The van der Waals surface area contributed by atoms with Crippen LogP contribution >= 0.6 is 0 Å². The van der Waals surface area contributed by atoms with Gasteiger partial charge in [0.2, 0.25) is 0 Å². The molecule has 0 bridgehead atoms. The van der Waals surface area contributed by atoms with Gasteiger partial charge in [-0.3, -0.25) is 0 Å². The number of aliphatic hydroxyl groups excluding tert-OH is 1. The molecule has 0 radical (unpaired) electrons. The first-order chi connectivity index (χ1) is 8.65. The van der Waals surface area contributed by atoms with Crippen LogP contribution in [0.3, 0.4) is 0 Å². The monoisotopic (exact) mass is 250 g/mol. The molecule has 0 spiro atoms. The van der Waals surface area contributed by atoms with E-state index < -0.39 is 0 Å². The Bertz CT molecular complexity index is 409. The zero-order valence-corrected chi connectivity index (χ0v) is 11.1. The third-order valence-electron chi connectivity index (χ3n) is 3.59. The molecule has 0 saturated carbocycles. The summed E-state index contributed by atoms with van der Waals surface area (Å²) in [7, 11) is 0. The lowest BCUT2D eigenvalue weighted by Crippen LogP contribution is -2.49. The number of rotatable bonds is 3. The lowest BCUT2D eigenvalue weighted by molar-refractivity contribution is -0.0103. The van der Waals surface area contributed by atoms with E-state index in [1.165, 1.54) is 16.8 Å². The fourth-order valence-corrected chi connectivity index (χ4v) is 2.38. The van der Waals surface area contributed by atoms with Crippen LogP contribution in [0.15, 0.2) is 18.2 Å². The number of nitrogens with zero attached hydrogens (tertiary/aromatic N) is 1. The van der Waals surface area contributed by atoms with Gasteiger partial charge in [0.1, 0.15) is 0 Å². The van der Waals surface area contributed by atoms with Crippen LogP contribution in [0.25, 0.3) is 0 Å². The van der Waals surface area contributed by atoms with Crippen molar-refractivity contribution in [1.82, 2.24) is 0 Å². The zero-order valence-electron chi connectivity index (χ0n) is 11.1. The van der Waals surface area contributed by atoms with Crippen molar-refractivity contribution in [3.05, 3.63) is 29.3 Å². The van der Waals surface area contributed by atoms with E-state index in [4.69, 9.17) is 10.5 Å². The van der Waals surface area contributed by atoms with Crippen LogP contribution in [0.4, 0.5) is 5.69 Å². The SMILES string of the molecule is Cc1cc(N2CC(CO)OCC2C)ccc1CN. The third-order valence-corrected chi connectivity index (χ3v) is 3.59. The molecule has 1 aromatic rings. The van der Waals surface area contributed by atoms with E-state index >= 15 is 0 Å². The molecule has 4 heteroatoms. The predicted octanol–water partition coefficient (Wildman–Crippen LogP) is 1.04. The molecule has 1 aliphatic heterocycles. The molecule has 2 unspecified atom stereocenters. The van der Waals surface area contributed by atoms with Crippen molar-refractivity contribution in [3.8, 4) is 0 Å². The highest BCUT2D eigenvalue weighted by Crippen LogP contribution is 2.24. The quantitative estimate of drug-likeness (QED) is 0.841. The van der Waals surface area contributed by atoms with E-state index in [1.807, 2.05) is 0 Å². The number of benzene rings is 1. The molecular weight excluding hydrogens is 228 g/mol. The molecule has 1 heterocycles. The van der Waals surface area contributed by atoms with Gasteiger partial charge in [0.15, 0.2) is 0 Å². The van der Waals surface area contributed by atoms with Crippen LogP contribution in [0.5, 0.6) is 0 Å². The normalized spacial score (nSPS) is 24.3. The Balaban J connectivity index is 2.21. The summed E-state index contributed by atoms with van der Waals surface area (Å²) < 4.78 is 5.55. The first-order valence-electron chi connectivity index (χ1n) is 6.44. The Kier molecular flexibility index (Phi) is 4.22. The van der Waals surface area contributed by atoms with Crippen LogP contribution in [0, 0.1) is 6.92 Å². The minimum Gasteiger partial charge on any atom is -0.394 e. The fraction of sp³-hybridized carbons (Fsp3) is 0.571. The maximum atomic E-state index is 9.21. The molecule has 0 aliphatic carbocycles. The molecule has 1 fully saturated rings. The Morgan fingerprint density at radius 3 is 2.89 bits per heavy atom. The van der Waals surface area contributed by atoms with Gasteiger partial charge in [-0.2, -0.15) is 0 Å². The van der Waals surface area contributed by atoms with Gasteiger partial charge >= 0.3 is 0 Å². The summed E-state index contributed by atoms with van der Waals surface area (Å²) in [5, 5.41) is 9.21. The second-order valence-electron chi connectivity index (χ2n) is 4.95. The van der Waals surface area contributed by atoms with Crippen molar-refractivity contribution in [2.24, 2.45) is 5.73 Å². The molecule has 2 rings (SSSR count). The molecule has 100 valence electrons. The largest absolute Gasteiger partial charge is 0.394 e. The first kappa shape index (κ1) is 13.3. The summed E-state index contributed by atoms with van der Waals surface area (Å²) >= 11 is 0. The standard InChI is InChI=1S/C14H22N2O2/c1-10-5-13(4-3-12(10)6-15)16-7-14(8-17)18-9-11(16)2/h3-5,11,14,17H,6-9,15H2,1-2H3. The van der Waals surface area contributed by atoms with Crippen molar-refractivity contribution >= 4 is 5.69 Å². The number of nitrogens with two attached hydrogens (primary N) is 1. The number of morpholine rings is 1. The third kappa shape index (κ3) is 2.66. The number of aryl methyl sites for hydroxylation is 1. The van der Waals surface area contributed by atoms with Crippen LogP contribution in [0.2, 0.25) is 0 Å². The lowest BCUT2D eigenvalue weighted by atomic mass is 10.1. The highest BCUT2D eigenvalue weighted by Gasteiger charge is 2.25. The van der Waals surface area contributed by atoms with Gasteiger partial charge in [0.05, 0.1) is 19.3 Å². The number of hydrogen-bond acceptors (Lipinski definition) is 4. The Morgan fingerprint density at radius 1 is 1.50 bits per heavy atom. The van der Waals surface area contributed by atoms with Gasteiger partial charge in [-0.1, -0.05) is 6.07 Å². The maximum Gasteiger partial charge on any atom is 0.0981 e. The van der Waals surface area contributed by atoms with E-state index in [0.717, 1.165) is 6.54 Å². The van der Waals surface area contributed by atoms with E-state index in [1.54, 1.807) is 0 Å². The van der Waals surface area contributed by atoms with Gasteiger partial charge in [-0.05, 0) is 37.1 Å². The highest BCUT2D eigenvalue weighted by molar-refractivity contribution is 5.52. The van der Waals surface area contributed by atoms with Crippen LogP contribution in [0.1, 0.15) is 18.1 Å². The lowest BCUT2D eigenvalue weighted by Gasteiger charge is -2.39. The number of aliphatic hydroxyl groups is 1. The summed E-state index contributed by atoms with van der Waals surface area (Å²) in [6.07, 6.45) is -0.0873. The number of anilines is 1. The van der Waals surface area contributed by atoms with Crippen LogP contribution < -0.4 is 10.6 Å². The van der Waals surface area contributed by atoms with Gasteiger partial charge in [-0.25, -0.2) is 0 Å². The molecule has 18 heavy (non-hydrogen) atoms. The topological polar surface area (TPSA) is 58.7 Å². The smallest absolute Gasteiger partial charge is 0.0981 e. The number of ether oxygens (including phenoxy) is 1. The average molecular weight is 250 g/mol. The molecule has 2 atom stereocenters. The molecule has 1 aliphatic rings. The Morgan fingerprint density at radius 2 is 2.28 bits per heavy atom. The van der Waals surface area contributed by atoms with Crippen molar-refractivity contribution in [3.63, 3.8) is 0 Å². The average Bonchev–Trinajstić information content (AvgIpc) is 2.39. The molecule has 4 nitrogen and oxygen atoms in total. The summed E-state index contributed by atoms with van der Waals surface area (Å²) in [4.78, 5) is 2.29. The minimum atomic E-state index is -0.0873. The first-order valence-corrected chi connectivity index (χ1v) is 6.44. The molecule has 0 aromatic heterocycles. The molecule has 1 saturated heterocycles. The van der Waals surface area contributed by atoms with E-state index in [2.05, 4.69) is 36.9 Å². The van der Waals surface area contributed by atoms with Crippen molar-refractivity contribution in [1.29, 1.82) is 0 Å². The summed E-state index contributed by atoms with van der Waals surface area (Å²) in [6.45, 7) is 6.26. The Labute approximate surface area is 108 Å². The fourth-order valence-electron chi connectivity index (χ4n) is 2.38. The Hall–Kier alpha value is -1.10. The zero-order chi connectivity index (χ0) is 13.1. The number of hydrogen-bond donors (Lipinski definition) is 2. The van der Waals surface area contributed by atoms with Crippen LogP contribution in [-0.2, 0) is 11.3 Å². The maximum absolute atomic E-state index is 9.21.